The first-order chi connectivity index (χ1) is 10.8. The zero-order valence-corrected chi connectivity index (χ0v) is 13.5. The van der Waals surface area contributed by atoms with Gasteiger partial charge in [-0.2, -0.15) is 0 Å². The second kappa shape index (κ2) is 6.85. The summed E-state index contributed by atoms with van der Waals surface area (Å²) in [5.41, 5.74) is 4.57. The van der Waals surface area contributed by atoms with Crippen LogP contribution in [0.4, 0.5) is 0 Å². The van der Waals surface area contributed by atoms with Crippen molar-refractivity contribution in [1.29, 1.82) is 0 Å². The van der Waals surface area contributed by atoms with Crippen LogP contribution in [-0.2, 0) is 9.59 Å². The van der Waals surface area contributed by atoms with Gasteiger partial charge in [-0.1, -0.05) is 0 Å². The number of nitrogens with one attached hydrogen (secondary N) is 3. The number of rotatable bonds is 6. The predicted molar refractivity (Wildman–Crippen MR) is 85.4 cm³/mol. The number of amides is 3. The molecule has 7 heteroatoms. The first kappa shape index (κ1) is 17.1. The molecule has 0 bridgehead atoms. The van der Waals surface area contributed by atoms with E-state index in [-0.39, 0.29) is 23.8 Å². The van der Waals surface area contributed by atoms with Gasteiger partial charge in [-0.05, 0) is 51.2 Å². The fourth-order valence-electron chi connectivity index (χ4n) is 2.70. The Labute approximate surface area is 135 Å². The van der Waals surface area contributed by atoms with Crippen LogP contribution in [0.15, 0.2) is 18.3 Å². The molecule has 1 aliphatic carbocycles. The molecule has 2 rings (SSSR count). The first-order valence-electron chi connectivity index (χ1n) is 7.83. The minimum Gasteiger partial charge on any atom is -0.369 e. The summed E-state index contributed by atoms with van der Waals surface area (Å²) in [5, 5.41) is 5.78. The van der Waals surface area contributed by atoms with E-state index in [1.165, 1.54) is 13.8 Å². The fourth-order valence-corrected chi connectivity index (χ4v) is 2.70. The quantitative estimate of drug-likeness (QED) is 0.573. The highest BCUT2D eigenvalue weighted by molar-refractivity contribution is 6.03. The molecule has 0 aliphatic heterocycles. The summed E-state index contributed by atoms with van der Waals surface area (Å²) in [5.74, 6) is -0.822. The summed E-state index contributed by atoms with van der Waals surface area (Å²) in [6, 6.07) is 3.62. The number of nitrogens with two attached hydrogens (primary N) is 1. The van der Waals surface area contributed by atoms with E-state index in [9.17, 15) is 14.4 Å². The predicted octanol–water partition coefficient (Wildman–Crippen LogP) is 0.541. The number of hydrogen-bond donors (Lipinski definition) is 4. The van der Waals surface area contributed by atoms with Gasteiger partial charge in [0.25, 0.3) is 5.91 Å². The van der Waals surface area contributed by atoms with Crippen molar-refractivity contribution in [3.63, 3.8) is 0 Å². The van der Waals surface area contributed by atoms with Crippen LogP contribution in [0.1, 0.15) is 43.6 Å². The molecule has 0 aromatic carbocycles. The van der Waals surface area contributed by atoms with E-state index in [4.69, 9.17) is 5.73 Å². The second-order valence-corrected chi connectivity index (χ2v) is 6.63. The molecule has 126 valence electrons. The maximum absolute atomic E-state index is 12.0. The van der Waals surface area contributed by atoms with Crippen LogP contribution in [-0.4, -0.2) is 35.3 Å². The van der Waals surface area contributed by atoms with Gasteiger partial charge in [0.15, 0.2) is 0 Å². The Morgan fingerprint density at radius 1 is 1.35 bits per heavy atom. The second-order valence-electron chi connectivity index (χ2n) is 6.63. The molecule has 7 nitrogen and oxygen atoms in total. The Bertz CT molecular complexity index is 580. The van der Waals surface area contributed by atoms with E-state index in [1.54, 1.807) is 18.3 Å². The molecule has 0 unspecified atom stereocenters. The molecular formula is C16H24N4O3. The zero-order valence-electron chi connectivity index (χ0n) is 13.5. The fraction of sp³-hybridized carbons (Fsp3) is 0.562. The Hall–Kier alpha value is -2.31. The molecular weight excluding hydrogens is 296 g/mol. The van der Waals surface area contributed by atoms with E-state index in [0.717, 1.165) is 19.3 Å². The van der Waals surface area contributed by atoms with Crippen molar-refractivity contribution in [3.05, 3.63) is 24.0 Å². The van der Waals surface area contributed by atoms with Gasteiger partial charge in [-0.15, -0.1) is 0 Å². The summed E-state index contributed by atoms with van der Waals surface area (Å²) in [6.07, 6.45) is 4.32. The molecule has 2 atom stereocenters. The number of primary amides is 1. The molecule has 1 aromatic rings. The van der Waals surface area contributed by atoms with Crippen molar-refractivity contribution in [2.24, 2.45) is 17.1 Å². The molecule has 1 fully saturated rings. The molecule has 3 amide bonds. The van der Waals surface area contributed by atoms with Gasteiger partial charge >= 0.3 is 0 Å². The van der Waals surface area contributed by atoms with E-state index < -0.39 is 11.3 Å². The summed E-state index contributed by atoms with van der Waals surface area (Å²) < 4.78 is 0. The highest BCUT2D eigenvalue weighted by Gasteiger charge is 2.35. The summed E-state index contributed by atoms with van der Waals surface area (Å²) in [4.78, 5) is 38.1. The van der Waals surface area contributed by atoms with Crippen molar-refractivity contribution < 1.29 is 14.4 Å². The Balaban J connectivity index is 1.76. The third kappa shape index (κ3) is 4.12. The Morgan fingerprint density at radius 2 is 2.09 bits per heavy atom. The minimum absolute atomic E-state index is 0.108. The van der Waals surface area contributed by atoms with Crippen molar-refractivity contribution in [3.8, 4) is 0 Å². The average molecular weight is 320 g/mol. The van der Waals surface area contributed by atoms with E-state index >= 15 is 0 Å². The van der Waals surface area contributed by atoms with Crippen molar-refractivity contribution >= 4 is 17.7 Å². The number of carbonyl (C=O) groups excluding carboxylic acids is 3. The van der Waals surface area contributed by atoms with Gasteiger partial charge in [-0.25, -0.2) is 0 Å². The molecule has 1 heterocycles. The molecule has 0 radical (unpaired) electrons. The summed E-state index contributed by atoms with van der Waals surface area (Å²) in [6.45, 7) is 3.52. The van der Waals surface area contributed by atoms with Crippen LogP contribution in [0.5, 0.6) is 0 Å². The third-order valence-electron chi connectivity index (χ3n) is 4.45. The van der Waals surface area contributed by atoms with E-state index in [1.807, 2.05) is 0 Å². The lowest BCUT2D eigenvalue weighted by molar-refractivity contribution is -0.139. The van der Waals surface area contributed by atoms with Crippen molar-refractivity contribution in [2.75, 3.05) is 6.54 Å². The van der Waals surface area contributed by atoms with Gasteiger partial charge in [0, 0.05) is 18.8 Å². The molecule has 5 N–H and O–H groups in total. The van der Waals surface area contributed by atoms with E-state index in [0.29, 0.717) is 12.2 Å². The number of carbonyl (C=O) groups is 3. The lowest BCUT2D eigenvalue weighted by Crippen LogP contribution is -2.46. The maximum atomic E-state index is 12.0. The van der Waals surface area contributed by atoms with Crippen molar-refractivity contribution in [1.82, 2.24) is 15.6 Å². The lowest BCUT2D eigenvalue weighted by atomic mass is 9.91. The molecule has 0 spiro atoms. The Morgan fingerprint density at radius 3 is 2.70 bits per heavy atom. The lowest BCUT2D eigenvalue weighted by Gasteiger charge is -2.21. The minimum atomic E-state index is -1.21. The van der Waals surface area contributed by atoms with Gasteiger partial charge in [-0.3, -0.25) is 14.4 Å². The average Bonchev–Trinajstić information content (AvgIpc) is 3.15. The molecule has 1 aromatic heterocycles. The van der Waals surface area contributed by atoms with Crippen LogP contribution < -0.4 is 16.4 Å². The molecule has 1 aliphatic rings. The standard InChI is InChI=1S/C16H24N4O3/c1-16(2,14(17)22)15(23)19-9-10-5-6-11(8-10)20-13(21)12-4-3-7-18-12/h3-4,7,10-11,18H,5-6,8-9H2,1-2H3,(H2,17,22)(H,19,23)(H,20,21)/t10-,11+/m0/s1. The molecule has 0 saturated heterocycles. The Kier molecular flexibility index (Phi) is 5.08. The van der Waals surface area contributed by atoms with Gasteiger partial charge in [0.05, 0.1) is 0 Å². The monoisotopic (exact) mass is 320 g/mol. The van der Waals surface area contributed by atoms with Gasteiger partial charge < -0.3 is 21.4 Å². The van der Waals surface area contributed by atoms with Gasteiger partial charge in [0.2, 0.25) is 11.8 Å². The van der Waals surface area contributed by atoms with E-state index in [2.05, 4.69) is 15.6 Å². The summed E-state index contributed by atoms with van der Waals surface area (Å²) >= 11 is 0. The van der Waals surface area contributed by atoms with Crippen LogP contribution >= 0.6 is 0 Å². The highest BCUT2D eigenvalue weighted by atomic mass is 16.2. The normalized spacial score (nSPS) is 21.0. The SMILES string of the molecule is CC(C)(C(N)=O)C(=O)NC[C@H]1CC[C@@H](NC(=O)c2ccc[nH]2)C1. The topological polar surface area (TPSA) is 117 Å². The number of hydrogen-bond acceptors (Lipinski definition) is 3. The van der Waals surface area contributed by atoms with Crippen LogP contribution in [0, 0.1) is 11.3 Å². The number of aromatic amines is 1. The number of H-pyrrole nitrogens is 1. The maximum Gasteiger partial charge on any atom is 0.267 e. The summed E-state index contributed by atoms with van der Waals surface area (Å²) in [7, 11) is 0. The zero-order chi connectivity index (χ0) is 17.0. The highest BCUT2D eigenvalue weighted by Crippen LogP contribution is 2.25. The third-order valence-corrected chi connectivity index (χ3v) is 4.45. The van der Waals surface area contributed by atoms with Gasteiger partial charge in [0.1, 0.15) is 11.1 Å². The van der Waals surface area contributed by atoms with Crippen LogP contribution in [0.2, 0.25) is 0 Å². The van der Waals surface area contributed by atoms with Crippen LogP contribution in [0.25, 0.3) is 0 Å². The number of aromatic nitrogens is 1. The van der Waals surface area contributed by atoms with Crippen LogP contribution in [0.3, 0.4) is 0 Å². The molecule has 23 heavy (non-hydrogen) atoms. The first-order valence-corrected chi connectivity index (χ1v) is 7.83. The molecule has 1 saturated carbocycles. The largest absolute Gasteiger partial charge is 0.369 e. The smallest absolute Gasteiger partial charge is 0.267 e. The van der Waals surface area contributed by atoms with Crippen molar-refractivity contribution in [2.45, 2.75) is 39.2 Å².